The predicted molar refractivity (Wildman–Crippen MR) is 83.1 cm³/mol. The number of nitrogens with one attached hydrogen (secondary N) is 1. The first-order chi connectivity index (χ1) is 10.4. The minimum atomic E-state index is -3.63. The highest BCUT2D eigenvalue weighted by Gasteiger charge is 2.25. The number of hydrogen-bond acceptors (Lipinski definition) is 5. The van der Waals surface area contributed by atoms with Crippen LogP contribution in [0.25, 0.3) is 0 Å². The van der Waals surface area contributed by atoms with Crippen LogP contribution in [0.4, 0.5) is 5.82 Å². The quantitative estimate of drug-likeness (QED) is 0.909. The van der Waals surface area contributed by atoms with Crippen LogP contribution in [0, 0.1) is 0 Å². The second-order valence-corrected chi connectivity index (χ2v) is 8.20. The molecule has 0 aromatic carbocycles. The summed E-state index contributed by atoms with van der Waals surface area (Å²) in [5.74, 6) is 0.422. The van der Waals surface area contributed by atoms with Gasteiger partial charge in [0.05, 0.1) is 6.20 Å². The fourth-order valence-electron chi connectivity index (χ4n) is 2.37. The van der Waals surface area contributed by atoms with Crippen LogP contribution in [0.5, 0.6) is 0 Å². The Labute approximate surface area is 132 Å². The Morgan fingerprint density at radius 3 is 2.86 bits per heavy atom. The van der Waals surface area contributed by atoms with Gasteiger partial charge in [-0.15, -0.1) is 11.3 Å². The Balaban J connectivity index is 1.87. The topological polar surface area (TPSA) is 84.3 Å². The third-order valence-corrected chi connectivity index (χ3v) is 6.68. The van der Waals surface area contributed by atoms with E-state index in [1.807, 2.05) is 0 Å². The molecular weight excluding hydrogens is 324 g/mol. The summed E-state index contributed by atoms with van der Waals surface area (Å²) in [7, 11) is -1.96. The standard InChI is InChI=1S/C13H16N4O3S2/c1-9(18)17-6-4-11-10(8-17)7-13(21-11)22(19,20)15-12-3-5-14-16(12)2/h3,5,7,15H,4,6,8H2,1-2H3. The van der Waals surface area contributed by atoms with Crippen LogP contribution in [0.3, 0.4) is 0 Å². The first-order valence-corrected chi connectivity index (χ1v) is 9.05. The molecule has 0 atom stereocenters. The Bertz CT molecular complexity index is 822. The molecule has 7 nitrogen and oxygen atoms in total. The largest absolute Gasteiger partial charge is 0.338 e. The monoisotopic (exact) mass is 340 g/mol. The summed E-state index contributed by atoms with van der Waals surface area (Å²) in [4.78, 5) is 14.2. The van der Waals surface area contributed by atoms with Crippen LogP contribution in [0.1, 0.15) is 17.4 Å². The SMILES string of the molecule is CC(=O)N1CCc2sc(S(=O)(=O)Nc3ccnn3C)cc2C1. The molecule has 3 heterocycles. The Kier molecular flexibility index (Phi) is 3.69. The zero-order chi connectivity index (χ0) is 15.9. The molecule has 118 valence electrons. The maximum absolute atomic E-state index is 12.5. The van der Waals surface area contributed by atoms with Gasteiger partial charge < -0.3 is 4.90 Å². The van der Waals surface area contributed by atoms with Crippen LogP contribution < -0.4 is 4.72 Å². The minimum Gasteiger partial charge on any atom is -0.338 e. The number of amides is 1. The summed E-state index contributed by atoms with van der Waals surface area (Å²) in [6.07, 6.45) is 2.23. The van der Waals surface area contributed by atoms with Crippen molar-refractivity contribution in [3.05, 3.63) is 28.8 Å². The molecular formula is C13H16N4O3S2. The third-order valence-electron chi connectivity index (χ3n) is 3.61. The Morgan fingerprint density at radius 2 is 2.23 bits per heavy atom. The zero-order valence-corrected chi connectivity index (χ0v) is 13.9. The Hall–Kier alpha value is -1.87. The normalized spacial score (nSPS) is 14.7. The van der Waals surface area contributed by atoms with Crippen molar-refractivity contribution >= 4 is 33.1 Å². The van der Waals surface area contributed by atoms with E-state index in [1.165, 1.54) is 29.1 Å². The summed E-state index contributed by atoms with van der Waals surface area (Å²) in [5.41, 5.74) is 0.914. The Morgan fingerprint density at radius 1 is 1.45 bits per heavy atom. The minimum absolute atomic E-state index is 0.00858. The van der Waals surface area contributed by atoms with E-state index in [9.17, 15) is 13.2 Å². The van der Waals surface area contributed by atoms with Crippen molar-refractivity contribution in [2.45, 2.75) is 24.1 Å². The van der Waals surface area contributed by atoms with Gasteiger partial charge in [0, 0.05) is 38.0 Å². The molecule has 22 heavy (non-hydrogen) atoms. The number of nitrogens with zero attached hydrogens (tertiary/aromatic N) is 3. The molecule has 0 saturated carbocycles. The van der Waals surface area contributed by atoms with Crippen LogP contribution in [-0.2, 0) is 34.8 Å². The maximum atomic E-state index is 12.5. The smallest absolute Gasteiger partial charge is 0.272 e. The molecule has 2 aromatic rings. The molecule has 0 aliphatic carbocycles. The highest BCUT2D eigenvalue weighted by molar-refractivity contribution is 7.94. The van der Waals surface area contributed by atoms with Crippen molar-refractivity contribution in [1.82, 2.24) is 14.7 Å². The molecule has 0 unspecified atom stereocenters. The number of thiophene rings is 1. The number of aromatic nitrogens is 2. The van der Waals surface area contributed by atoms with Gasteiger partial charge >= 0.3 is 0 Å². The predicted octanol–water partition coefficient (Wildman–Crippen LogP) is 1.19. The van der Waals surface area contributed by atoms with Gasteiger partial charge in [0.1, 0.15) is 10.0 Å². The summed E-state index contributed by atoms with van der Waals surface area (Å²) >= 11 is 1.27. The number of carbonyl (C=O) groups excluding carboxylic acids is 1. The molecule has 1 N–H and O–H groups in total. The fraction of sp³-hybridized carbons (Fsp3) is 0.385. The lowest BCUT2D eigenvalue weighted by molar-refractivity contribution is -0.129. The van der Waals surface area contributed by atoms with Gasteiger partial charge in [0.2, 0.25) is 5.91 Å². The summed E-state index contributed by atoms with van der Waals surface area (Å²) < 4.78 is 29.2. The van der Waals surface area contributed by atoms with Gasteiger partial charge in [-0.05, 0) is 18.1 Å². The maximum Gasteiger partial charge on any atom is 0.272 e. The average Bonchev–Trinajstić information content (AvgIpc) is 3.04. The average molecular weight is 340 g/mol. The van der Waals surface area contributed by atoms with E-state index in [1.54, 1.807) is 24.1 Å². The van der Waals surface area contributed by atoms with Crippen LogP contribution in [0.2, 0.25) is 0 Å². The van der Waals surface area contributed by atoms with Gasteiger partial charge in [0.25, 0.3) is 10.0 Å². The highest BCUT2D eigenvalue weighted by Crippen LogP contribution is 2.31. The van der Waals surface area contributed by atoms with E-state index in [2.05, 4.69) is 9.82 Å². The van der Waals surface area contributed by atoms with E-state index >= 15 is 0 Å². The second-order valence-electron chi connectivity index (χ2n) is 5.15. The van der Waals surface area contributed by atoms with Gasteiger partial charge in [-0.25, -0.2) is 8.42 Å². The molecule has 0 fully saturated rings. The molecule has 3 rings (SSSR count). The lowest BCUT2D eigenvalue weighted by atomic mass is 10.1. The summed E-state index contributed by atoms with van der Waals surface area (Å²) in [6, 6.07) is 3.26. The molecule has 0 bridgehead atoms. The van der Waals surface area contributed by atoms with E-state index in [0.717, 1.165) is 10.4 Å². The summed E-state index contributed by atoms with van der Waals surface area (Å²) in [5, 5.41) is 3.94. The van der Waals surface area contributed by atoms with Crippen LogP contribution >= 0.6 is 11.3 Å². The summed E-state index contributed by atoms with van der Waals surface area (Å²) in [6.45, 7) is 2.64. The number of hydrogen-bond donors (Lipinski definition) is 1. The number of fused-ring (bicyclic) bond motifs is 1. The molecule has 1 aliphatic heterocycles. The number of sulfonamides is 1. The second kappa shape index (κ2) is 5.40. The number of aryl methyl sites for hydroxylation is 1. The van der Waals surface area contributed by atoms with E-state index in [0.29, 0.717) is 25.3 Å². The van der Waals surface area contributed by atoms with Gasteiger partial charge in [-0.1, -0.05) is 0 Å². The lowest BCUT2D eigenvalue weighted by Crippen LogP contribution is -2.33. The van der Waals surface area contributed by atoms with Gasteiger partial charge in [-0.3, -0.25) is 14.2 Å². The van der Waals surface area contributed by atoms with Gasteiger partial charge in [-0.2, -0.15) is 5.10 Å². The van der Waals surface area contributed by atoms with E-state index < -0.39 is 10.0 Å². The molecule has 1 amide bonds. The molecule has 0 saturated heterocycles. The zero-order valence-electron chi connectivity index (χ0n) is 12.2. The lowest BCUT2D eigenvalue weighted by Gasteiger charge is -2.25. The molecule has 0 spiro atoms. The van der Waals surface area contributed by atoms with E-state index in [4.69, 9.17) is 0 Å². The first kappa shape index (κ1) is 15.0. The van der Waals surface area contributed by atoms with Crippen molar-refractivity contribution in [3.63, 3.8) is 0 Å². The number of anilines is 1. The third kappa shape index (κ3) is 2.73. The molecule has 9 heteroatoms. The number of rotatable bonds is 3. The van der Waals surface area contributed by atoms with E-state index in [-0.39, 0.29) is 10.1 Å². The molecule has 2 aromatic heterocycles. The van der Waals surface area contributed by atoms with Gasteiger partial charge in [0.15, 0.2) is 0 Å². The number of carbonyl (C=O) groups is 1. The van der Waals surface area contributed by atoms with Crippen molar-refractivity contribution in [3.8, 4) is 0 Å². The first-order valence-electron chi connectivity index (χ1n) is 6.75. The van der Waals surface area contributed by atoms with Crippen molar-refractivity contribution in [1.29, 1.82) is 0 Å². The molecule has 0 radical (unpaired) electrons. The van der Waals surface area contributed by atoms with Crippen molar-refractivity contribution < 1.29 is 13.2 Å². The van der Waals surface area contributed by atoms with Crippen molar-refractivity contribution in [2.24, 2.45) is 7.05 Å². The van der Waals surface area contributed by atoms with Crippen LogP contribution in [0.15, 0.2) is 22.5 Å². The van der Waals surface area contributed by atoms with Crippen molar-refractivity contribution in [2.75, 3.05) is 11.3 Å². The highest BCUT2D eigenvalue weighted by atomic mass is 32.2. The fourth-order valence-corrected chi connectivity index (χ4v) is 5.00. The van der Waals surface area contributed by atoms with Crippen LogP contribution in [-0.4, -0.2) is 35.6 Å². The molecule has 1 aliphatic rings.